The Bertz CT molecular complexity index is 419. The maximum absolute atomic E-state index is 6.13. The largest absolute Gasteiger partial charge is 0.497 e. The van der Waals surface area contributed by atoms with Crippen LogP contribution in [0.1, 0.15) is 38.5 Å². The number of likely N-dealkylation sites (tertiary alicyclic amines) is 1. The van der Waals surface area contributed by atoms with Gasteiger partial charge < -0.3 is 14.4 Å². The van der Waals surface area contributed by atoms with Gasteiger partial charge in [0.1, 0.15) is 11.5 Å². The lowest BCUT2D eigenvalue weighted by Gasteiger charge is -2.14. The van der Waals surface area contributed by atoms with Gasteiger partial charge in [0, 0.05) is 6.07 Å². The SMILES string of the molecule is COc1ccc(OCCCCCCN2CCCC2)c(Cl)c1. The Morgan fingerprint density at radius 1 is 1.10 bits per heavy atom. The summed E-state index contributed by atoms with van der Waals surface area (Å²) in [7, 11) is 1.63. The summed E-state index contributed by atoms with van der Waals surface area (Å²) in [5.41, 5.74) is 0. The molecule has 0 N–H and O–H groups in total. The van der Waals surface area contributed by atoms with Crippen LogP contribution in [0.2, 0.25) is 5.02 Å². The molecule has 0 atom stereocenters. The topological polar surface area (TPSA) is 21.7 Å². The van der Waals surface area contributed by atoms with Crippen LogP contribution in [0.25, 0.3) is 0 Å². The van der Waals surface area contributed by atoms with Crippen molar-refractivity contribution in [1.82, 2.24) is 4.90 Å². The highest BCUT2D eigenvalue weighted by atomic mass is 35.5. The van der Waals surface area contributed by atoms with E-state index in [1.54, 1.807) is 13.2 Å². The zero-order valence-electron chi connectivity index (χ0n) is 12.9. The van der Waals surface area contributed by atoms with Gasteiger partial charge in [0.2, 0.25) is 0 Å². The second-order valence-corrected chi connectivity index (χ2v) is 6.01. The van der Waals surface area contributed by atoms with E-state index in [2.05, 4.69) is 4.90 Å². The minimum atomic E-state index is 0.614. The summed E-state index contributed by atoms with van der Waals surface area (Å²) >= 11 is 6.13. The molecule has 4 heteroatoms. The van der Waals surface area contributed by atoms with Crippen LogP contribution in [0, 0.1) is 0 Å². The molecule has 0 amide bonds. The number of methoxy groups -OCH3 is 1. The molecule has 1 aromatic carbocycles. The van der Waals surface area contributed by atoms with Gasteiger partial charge in [-0.2, -0.15) is 0 Å². The van der Waals surface area contributed by atoms with Crippen molar-refractivity contribution in [2.45, 2.75) is 38.5 Å². The lowest BCUT2D eigenvalue weighted by molar-refractivity contribution is 0.296. The molecule has 0 saturated carbocycles. The number of hydrogen-bond donors (Lipinski definition) is 0. The first-order valence-electron chi connectivity index (χ1n) is 7.98. The average molecular weight is 312 g/mol. The van der Waals surface area contributed by atoms with Crippen molar-refractivity contribution < 1.29 is 9.47 Å². The molecule has 0 unspecified atom stereocenters. The standard InChI is InChI=1S/C17H26ClNO2/c1-20-15-8-9-17(16(18)14-15)21-13-7-3-2-4-10-19-11-5-6-12-19/h8-9,14H,2-7,10-13H2,1H3. The number of hydrogen-bond acceptors (Lipinski definition) is 3. The Labute approximate surface area is 133 Å². The summed E-state index contributed by atoms with van der Waals surface area (Å²) in [4.78, 5) is 2.58. The van der Waals surface area contributed by atoms with E-state index in [0.29, 0.717) is 5.02 Å². The normalized spacial score (nSPS) is 15.3. The van der Waals surface area contributed by atoms with Gasteiger partial charge in [-0.3, -0.25) is 0 Å². The third-order valence-corrected chi connectivity index (χ3v) is 4.26. The minimum absolute atomic E-state index is 0.614. The Hall–Kier alpha value is -0.930. The smallest absolute Gasteiger partial charge is 0.138 e. The molecule has 0 radical (unpaired) electrons. The molecule has 0 spiro atoms. The molecule has 0 aromatic heterocycles. The molecule has 3 nitrogen and oxygen atoms in total. The molecule has 1 heterocycles. The fraction of sp³-hybridized carbons (Fsp3) is 0.647. The quantitative estimate of drug-likeness (QED) is 0.632. The van der Waals surface area contributed by atoms with Crippen LogP contribution in [0.15, 0.2) is 18.2 Å². The average Bonchev–Trinajstić information content (AvgIpc) is 3.01. The maximum Gasteiger partial charge on any atom is 0.138 e. The molecular formula is C17H26ClNO2. The van der Waals surface area contributed by atoms with E-state index in [9.17, 15) is 0 Å². The van der Waals surface area contributed by atoms with Crippen molar-refractivity contribution in [3.8, 4) is 11.5 Å². The number of rotatable bonds is 9. The van der Waals surface area contributed by atoms with E-state index in [1.807, 2.05) is 12.1 Å². The van der Waals surface area contributed by atoms with Gasteiger partial charge in [0.25, 0.3) is 0 Å². The first-order chi connectivity index (χ1) is 10.3. The summed E-state index contributed by atoms with van der Waals surface area (Å²) in [5.74, 6) is 1.50. The molecular weight excluding hydrogens is 286 g/mol. The van der Waals surface area contributed by atoms with Crippen molar-refractivity contribution in [3.05, 3.63) is 23.2 Å². The Morgan fingerprint density at radius 3 is 2.57 bits per heavy atom. The first-order valence-corrected chi connectivity index (χ1v) is 8.36. The molecule has 0 bridgehead atoms. The fourth-order valence-corrected chi connectivity index (χ4v) is 2.93. The Morgan fingerprint density at radius 2 is 1.86 bits per heavy atom. The van der Waals surface area contributed by atoms with E-state index < -0.39 is 0 Å². The van der Waals surface area contributed by atoms with E-state index >= 15 is 0 Å². The van der Waals surface area contributed by atoms with Crippen LogP contribution in [-0.2, 0) is 0 Å². The van der Waals surface area contributed by atoms with Crippen LogP contribution in [-0.4, -0.2) is 38.3 Å². The molecule has 118 valence electrons. The summed E-state index contributed by atoms with van der Waals surface area (Å²) in [6, 6.07) is 5.53. The molecule has 2 rings (SSSR count). The van der Waals surface area contributed by atoms with Gasteiger partial charge in [0.15, 0.2) is 0 Å². The molecule has 1 saturated heterocycles. The van der Waals surface area contributed by atoms with Crippen molar-refractivity contribution in [1.29, 1.82) is 0 Å². The second kappa shape index (κ2) is 9.16. The van der Waals surface area contributed by atoms with E-state index in [4.69, 9.17) is 21.1 Å². The highest BCUT2D eigenvalue weighted by Gasteiger charge is 2.10. The first kappa shape index (κ1) is 16.4. The lowest BCUT2D eigenvalue weighted by Crippen LogP contribution is -2.20. The highest BCUT2D eigenvalue weighted by Crippen LogP contribution is 2.28. The molecule has 0 aliphatic carbocycles. The van der Waals surface area contributed by atoms with Gasteiger partial charge in [-0.05, 0) is 57.5 Å². The number of unbranched alkanes of at least 4 members (excludes halogenated alkanes) is 3. The predicted octanol–water partition coefficient (Wildman–Crippen LogP) is 4.38. The molecule has 1 aromatic rings. The van der Waals surface area contributed by atoms with Gasteiger partial charge >= 0.3 is 0 Å². The molecule has 21 heavy (non-hydrogen) atoms. The van der Waals surface area contributed by atoms with E-state index in [0.717, 1.165) is 24.5 Å². The minimum Gasteiger partial charge on any atom is -0.497 e. The summed E-state index contributed by atoms with van der Waals surface area (Å²) in [6.45, 7) is 4.61. The van der Waals surface area contributed by atoms with Crippen LogP contribution in [0.3, 0.4) is 0 Å². The number of benzene rings is 1. The van der Waals surface area contributed by atoms with Gasteiger partial charge in [-0.1, -0.05) is 24.4 Å². The van der Waals surface area contributed by atoms with Crippen molar-refractivity contribution in [3.63, 3.8) is 0 Å². The third kappa shape index (κ3) is 5.76. The number of halogens is 1. The predicted molar refractivity (Wildman–Crippen MR) is 87.6 cm³/mol. The third-order valence-electron chi connectivity index (χ3n) is 3.96. The van der Waals surface area contributed by atoms with Crippen molar-refractivity contribution in [2.24, 2.45) is 0 Å². The summed E-state index contributed by atoms with van der Waals surface area (Å²) in [6.07, 6.45) is 7.68. The molecule has 1 aliphatic heterocycles. The number of nitrogens with zero attached hydrogens (tertiary/aromatic N) is 1. The fourth-order valence-electron chi connectivity index (χ4n) is 2.70. The van der Waals surface area contributed by atoms with Crippen molar-refractivity contribution in [2.75, 3.05) is 33.4 Å². The highest BCUT2D eigenvalue weighted by molar-refractivity contribution is 6.32. The zero-order valence-corrected chi connectivity index (χ0v) is 13.7. The summed E-state index contributed by atoms with van der Waals surface area (Å²) < 4.78 is 10.8. The van der Waals surface area contributed by atoms with Crippen LogP contribution >= 0.6 is 11.6 Å². The second-order valence-electron chi connectivity index (χ2n) is 5.61. The van der Waals surface area contributed by atoms with Gasteiger partial charge in [0.05, 0.1) is 18.7 Å². The maximum atomic E-state index is 6.13. The zero-order chi connectivity index (χ0) is 14.9. The van der Waals surface area contributed by atoms with Crippen molar-refractivity contribution >= 4 is 11.6 Å². The Balaban J connectivity index is 1.53. The summed E-state index contributed by atoms with van der Waals surface area (Å²) in [5, 5.41) is 0.614. The van der Waals surface area contributed by atoms with Gasteiger partial charge in [-0.15, -0.1) is 0 Å². The molecule has 1 aliphatic rings. The lowest BCUT2D eigenvalue weighted by atomic mass is 10.2. The monoisotopic (exact) mass is 311 g/mol. The number of ether oxygens (including phenoxy) is 2. The molecule has 1 fully saturated rings. The Kier molecular flexibility index (Phi) is 7.17. The van der Waals surface area contributed by atoms with E-state index in [-0.39, 0.29) is 0 Å². The van der Waals surface area contributed by atoms with E-state index in [1.165, 1.54) is 51.7 Å². The van der Waals surface area contributed by atoms with Gasteiger partial charge in [-0.25, -0.2) is 0 Å². The van der Waals surface area contributed by atoms with Crippen LogP contribution < -0.4 is 9.47 Å². The van der Waals surface area contributed by atoms with Crippen LogP contribution in [0.5, 0.6) is 11.5 Å². The van der Waals surface area contributed by atoms with Crippen LogP contribution in [0.4, 0.5) is 0 Å².